The monoisotopic (exact) mass is 902 g/mol. The molecule has 0 atom stereocenters. The molecule has 4 nitrogen and oxygen atoms in total. The molecule has 0 unspecified atom stereocenters. The fraction of sp³-hybridized carbons (Fsp3) is 0.143. The Morgan fingerprint density at radius 1 is 0.478 bits per heavy atom. The highest BCUT2D eigenvalue weighted by Crippen LogP contribution is 2.55. The standard InChI is InChI=1S/C63H47BN2O2Si/c1-36-31-43-44(63(4,5)30-29-62(43,2)3)33-47(36)65-48-34-52-42(37-17-6-11-23-50(37)67-52)32-45(48)64-60-49(65)35-53-58(40-20-7-12-24-51(40)68-53)59(60)41-21-16-28-57-61(41)66(64)46-22-10-15-27-56(46)69(57)54-25-13-8-18-38(54)39-19-9-14-26-55(39)69/h6-28,31-35H,29-30H2,1-5H3. The topological polar surface area (TPSA) is 32.8 Å². The van der Waals surface area contributed by atoms with Gasteiger partial charge in [-0.3, -0.25) is 0 Å². The lowest BCUT2D eigenvalue weighted by molar-refractivity contribution is 0.332. The Kier molecular flexibility index (Phi) is 7.10. The van der Waals surface area contributed by atoms with Crippen molar-refractivity contribution >= 4 is 119 Å². The van der Waals surface area contributed by atoms with E-state index in [4.69, 9.17) is 8.83 Å². The molecule has 0 bridgehead atoms. The van der Waals surface area contributed by atoms with Crippen LogP contribution in [0.3, 0.4) is 0 Å². The highest BCUT2D eigenvalue weighted by atomic mass is 28.3. The summed E-state index contributed by atoms with van der Waals surface area (Å²) in [6, 6.07) is 64.9. The number of anilines is 5. The summed E-state index contributed by atoms with van der Waals surface area (Å²) in [7, 11) is -2.89. The molecule has 69 heavy (non-hydrogen) atoms. The van der Waals surface area contributed by atoms with Gasteiger partial charge in [0.25, 0.3) is 0 Å². The van der Waals surface area contributed by atoms with E-state index < -0.39 is 8.07 Å². The molecular formula is C63H47BN2O2Si. The molecule has 0 saturated carbocycles. The number of rotatable bonds is 1. The van der Waals surface area contributed by atoms with Gasteiger partial charge in [0.05, 0.1) is 0 Å². The van der Waals surface area contributed by atoms with E-state index in [0.717, 1.165) is 56.3 Å². The molecule has 0 N–H and O–H groups in total. The first-order valence-corrected chi connectivity index (χ1v) is 26.7. The number of hydrogen-bond donors (Lipinski definition) is 0. The summed E-state index contributed by atoms with van der Waals surface area (Å²) in [6.45, 7) is 11.9. The quantitative estimate of drug-likeness (QED) is 0.154. The summed E-state index contributed by atoms with van der Waals surface area (Å²) in [4.78, 5) is 5.37. The van der Waals surface area contributed by atoms with Crippen molar-refractivity contribution in [1.29, 1.82) is 0 Å². The minimum atomic E-state index is -2.89. The molecule has 9 aromatic carbocycles. The van der Waals surface area contributed by atoms with Gasteiger partial charge in [0.1, 0.15) is 22.3 Å². The van der Waals surface area contributed by atoms with E-state index in [2.05, 4.69) is 214 Å². The van der Waals surface area contributed by atoms with E-state index >= 15 is 0 Å². The number of para-hydroxylation sites is 4. The molecule has 2 aromatic heterocycles. The van der Waals surface area contributed by atoms with Crippen molar-refractivity contribution < 1.29 is 8.83 Å². The van der Waals surface area contributed by atoms with Gasteiger partial charge < -0.3 is 18.5 Å². The van der Waals surface area contributed by atoms with Gasteiger partial charge in [-0.25, -0.2) is 0 Å². The molecule has 328 valence electrons. The van der Waals surface area contributed by atoms with Crippen molar-refractivity contribution in [2.24, 2.45) is 0 Å². The minimum Gasteiger partial charge on any atom is -0.456 e. The van der Waals surface area contributed by atoms with Crippen molar-refractivity contribution in [1.82, 2.24) is 0 Å². The molecule has 11 aromatic rings. The van der Waals surface area contributed by atoms with E-state index in [-0.39, 0.29) is 17.7 Å². The van der Waals surface area contributed by atoms with Gasteiger partial charge in [0, 0.05) is 67.7 Å². The number of furan rings is 2. The zero-order chi connectivity index (χ0) is 45.9. The van der Waals surface area contributed by atoms with Crippen molar-refractivity contribution in [3.63, 3.8) is 0 Å². The van der Waals surface area contributed by atoms with Crippen LogP contribution in [0.15, 0.2) is 179 Å². The van der Waals surface area contributed by atoms with Crippen LogP contribution in [0.25, 0.3) is 66.1 Å². The fourth-order valence-corrected chi connectivity index (χ4v) is 19.8. The highest BCUT2D eigenvalue weighted by Gasteiger charge is 2.58. The minimum absolute atomic E-state index is 0.0173. The molecular weight excluding hydrogens is 856 g/mol. The van der Waals surface area contributed by atoms with E-state index in [1.807, 2.05) is 0 Å². The van der Waals surface area contributed by atoms with Gasteiger partial charge in [0.2, 0.25) is 0 Å². The van der Waals surface area contributed by atoms with Crippen molar-refractivity contribution in [2.75, 3.05) is 9.71 Å². The van der Waals surface area contributed by atoms with E-state index in [1.54, 1.807) is 0 Å². The number of benzene rings is 9. The number of hydrogen-bond acceptors (Lipinski definition) is 4. The zero-order valence-electron chi connectivity index (χ0n) is 39.4. The second kappa shape index (κ2) is 12.8. The van der Waals surface area contributed by atoms with E-state index in [1.165, 1.54) is 99.5 Å². The van der Waals surface area contributed by atoms with Crippen LogP contribution in [0, 0.1) is 6.92 Å². The normalized spacial score (nSPS) is 16.9. The largest absolute Gasteiger partial charge is 0.456 e. The maximum Gasteiger partial charge on any atom is 0.333 e. The van der Waals surface area contributed by atoms with Crippen LogP contribution in [-0.4, -0.2) is 14.9 Å². The van der Waals surface area contributed by atoms with Crippen LogP contribution < -0.4 is 41.4 Å². The molecule has 5 aliphatic rings. The Morgan fingerprint density at radius 2 is 1.06 bits per heavy atom. The Bertz CT molecular complexity index is 4110. The summed E-state index contributed by atoms with van der Waals surface area (Å²) in [6.07, 6.45) is 2.31. The number of aryl methyl sites for hydroxylation is 1. The summed E-state index contributed by atoms with van der Waals surface area (Å²) < 4.78 is 13.9. The molecule has 6 heteroatoms. The van der Waals surface area contributed by atoms with Crippen LogP contribution in [0.2, 0.25) is 0 Å². The van der Waals surface area contributed by atoms with Gasteiger partial charge in [0.15, 0.2) is 8.07 Å². The van der Waals surface area contributed by atoms with Gasteiger partial charge >= 0.3 is 6.85 Å². The van der Waals surface area contributed by atoms with Gasteiger partial charge in [-0.2, -0.15) is 0 Å². The first-order valence-electron chi connectivity index (χ1n) is 24.7. The smallest absolute Gasteiger partial charge is 0.333 e. The van der Waals surface area contributed by atoms with Crippen LogP contribution in [0.4, 0.5) is 28.4 Å². The molecule has 0 saturated heterocycles. The average molecular weight is 903 g/mol. The zero-order valence-corrected chi connectivity index (χ0v) is 40.4. The first kappa shape index (κ1) is 38.4. The summed E-state index contributed by atoms with van der Waals surface area (Å²) in [5, 5.41) is 10.5. The molecule has 1 aliphatic carbocycles. The Hall–Kier alpha value is -7.54. The number of nitrogens with zero attached hydrogens (tertiary/aromatic N) is 2. The Balaban J connectivity index is 1.11. The SMILES string of the molecule is Cc1cc2c(cc1N1c3cc4oc5ccccc5c4cc3B3c4c1cc1oc5ccccc5c1c4-c1cccc4c1N3c1ccccc1[Si]41c3ccccc3-c3ccccc31)C(C)(C)CCC2(C)C. The second-order valence-electron chi connectivity index (χ2n) is 21.8. The van der Waals surface area contributed by atoms with E-state index in [0.29, 0.717) is 0 Å². The maximum absolute atomic E-state index is 7.09. The van der Waals surface area contributed by atoms with Crippen molar-refractivity contribution in [2.45, 2.75) is 58.3 Å². The molecule has 4 aliphatic heterocycles. The maximum atomic E-state index is 7.09. The average Bonchev–Trinajstić information content (AvgIpc) is 4.02. The fourth-order valence-electron chi connectivity index (χ4n) is 14.2. The molecule has 0 fully saturated rings. The third kappa shape index (κ3) is 4.58. The van der Waals surface area contributed by atoms with Gasteiger partial charge in [-0.05, 0) is 120 Å². The Morgan fingerprint density at radius 3 is 1.81 bits per heavy atom. The van der Waals surface area contributed by atoms with Crippen LogP contribution in [0.5, 0.6) is 0 Å². The molecule has 16 rings (SSSR count). The lowest BCUT2D eigenvalue weighted by Crippen LogP contribution is -2.78. The second-order valence-corrected chi connectivity index (χ2v) is 25.4. The lowest BCUT2D eigenvalue weighted by atomic mass is 9.43. The molecule has 0 radical (unpaired) electrons. The lowest BCUT2D eigenvalue weighted by Gasteiger charge is -2.52. The molecule has 0 amide bonds. The third-order valence-corrected chi connectivity index (χ3v) is 22.3. The molecule has 1 spiro atoms. The number of fused-ring (bicyclic) bond motifs is 21. The molecule has 6 heterocycles. The summed E-state index contributed by atoms with van der Waals surface area (Å²) in [5.41, 5.74) is 21.9. The highest BCUT2D eigenvalue weighted by molar-refractivity contribution is 7.24. The van der Waals surface area contributed by atoms with Crippen LogP contribution in [-0.2, 0) is 10.8 Å². The van der Waals surface area contributed by atoms with Crippen molar-refractivity contribution in [3.8, 4) is 22.3 Å². The van der Waals surface area contributed by atoms with Gasteiger partial charge in [-0.1, -0.05) is 161 Å². The third-order valence-electron chi connectivity index (χ3n) is 17.4. The Labute approximate surface area is 402 Å². The summed E-state index contributed by atoms with van der Waals surface area (Å²) in [5.74, 6) is 0. The predicted molar refractivity (Wildman–Crippen MR) is 291 cm³/mol. The van der Waals surface area contributed by atoms with Gasteiger partial charge in [-0.15, -0.1) is 0 Å². The first-order chi connectivity index (χ1) is 33.6. The summed E-state index contributed by atoms with van der Waals surface area (Å²) >= 11 is 0. The van der Waals surface area contributed by atoms with Crippen molar-refractivity contribution in [3.05, 3.63) is 187 Å². The van der Waals surface area contributed by atoms with Crippen LogP contribution >= 0.6 is 0 Å². The van der Waals surface area contributed by atoms with E-state index in [9.17, 15) is 0 Å². The predicted octanol–water partition coefficient (Wildman–Crippen LogP) is 12.5. The van der Waals surface area contributed by atoms with Crippen LogP contribution in [0.1, 0.15) is 57.2 Å².